The number of carbonyl (C=O) groups is 1. The van der Waals surface area contributed by atoms with E-state index < -0.39 is 6.09 Å². The van der Waals surface area contributed by atoms with Crippen molar-refractivity contribution >= 4 is 11.8 Å². The average Bonchev–Trinajstić information content (AvgIpc) is 2.65. The lowest BCUT2D eigenvalue weighted by molar-refractivity contribution is 0.159. The minimum absolute atomic E-state index is 0.234. The van der Waals surface area contributed by atoms with Crippen LogP contribution in [-0.2, 0) is 15.6 Å². The quantitative estimate of drug-likeness (QED) is 0.257. The van der Waals surface area contributed by atoms with Crippen LogP contribution in [0.25, 0.3) is 0 Å². The Morgan fingerprint density at radius 2 is 1.23 bits per heavy atom. The highest BCUT2D eigenvalue weighted by Gasteiger charge is 2.27. The number of ether oxygens (including phenoxy) is 1. The highest BCUT2D eigenvalue weighted by Crippen LogP contribution is 2.41. The van der Waals surface area contributed by atoms with Crippen molar-refractivity contribution in [3.63, 3.8) is 0 Å². The molecule has 4 heteroatoms. The monoisotopic (exact) mass is 433 g/mol. The fourth-order valence-electron chi connectivity index (χ4n) is 3.76. The van der Waals surface area contributed by atoms with Crippen LogP contribution in [0.1, 0.15) is 124 Å². The van der Waals surface area contributed by atoms with Crippen molar-refractivity contribution in [1.82, 2.24) is 0 Å². The normalized spacial score (nSPS) is 12.1. The Balaban J connectivity index is 2.45. The van der Waals surface area contributed by atoms with Crippen molar-refractivity contribution in [2.45, 2.75) is 124 Å². The fraction of sp³-hybridized carbons (Fsp3) is 0.741. The summed E-state index contributed by atoms with van der Waals surface area (Å²) in [4.78, 5) is 12.3. The summed E-state index contributed by atoms with van der Waals surface area (Å²) in [6.45, 7) is 15.0. The summed E-state index contributed by atoms with van der Waals surface area (Å²) in [5, 5.41) is 13.6. The molecule has 0 heterocycles. The number of unbranched alkanes of at least 4 members (excludes halogenated alkanes) is 9. The lowest BCUT2D eigenvalue weighted by Crippen LogP contribution is -2.20. The Bertz CT molecular complexity index is 633. The van der Waals surface area contributed by atoms with Crippen molar-refractivity contribution in [3.05, 3.63) is 23.3 Å². The number of hydrogen-bond acceptors (Lipinski definition) is 3. The number of amides is 1. The molecule has 1 aromatic carbocycles. The van der Waals surface area contributed by atoms with Crippen LogP contribution in [0.4, 0.5) is 10.5 Å². The van der Waals surface area contributed by atoms with Crippen molar-refractivity contribution in [2.75, 3.05) is 11.9 Å². The van der Waals surface area contributed by atoms with Crippen LogP contribution in [-0.4, -0.2) is 17.8 Å². The highest BCUT2D eigenvalue weighted by atomic mass is 16.5. The SMILES string of the molecule is CCCCCCCCCCCCOC(=O)Nc1cc(C(C)(C)C)c(O)c(C(C)(C)C)c1. The number of phenolic OH excluding ortho intramolecular Hbond substituents is 1. The second kappa shape index (κ2) is 13.0. The molecule has 0 aliphatic carbocycles. The van der Waals surface area contributed by atoms with Crippen LogP contribution in [0.3, 0.4) is 0 Å². The number of phenols is 1. The third-order valence-corrected chi connectivity index (χ3v) is 5.70. The minimum atomic E-state index is -0.429. The first-order valence-electron chi connectivity index (χ1n) is 12.3. The number of hydrogen-bond donors (Lipinski definition) is 2. The molecule has 31 heavy (non-hydrogen) atoms. The third-order valence-electron chi connectivity index (χ3n) is 5.70. The summed E-state index contributed by atoms with van der Waals surface area (Å²) >= 11 is 0. The molecule has 0 spiro atoms. The van der Waals surface area contributed by atoms with E-state index in [9.17, 15) is 9.90 Å². The largest absolute Gasteiger partial charge is 0.507 e. The van der Waals surface area contributed by atoms with Gasteiger partial charge in [-0.2, -0.15) is 0 Å². The second-order valence-corrected chi connectivity index (χ2v) is 10.9. The predicted octanol–water partition coefficient (Wildman–Crippen LogP) is 8.46. The highest BCUT2D eigenvalue weighted by molar-refractivity contribution is 5.85. The van der Waals surface area contributed by atoms with E-state index in [2.05, 4.69) is 53.8 Å². The summed E-state index contributed by atoms with van der Waals surface area (Å²) in [5.74, 6) is 0.310. The molecule has 178 valence electrons. The zero-order valence-electron chi connectivity index (χ0n) is 21.2. The molecule has 0 unspecified atom stereocenters. The van der Waals surface area contributed by atoms with Crippen LogP contribution >= 0.6 is 0 Å². The predicted molar refractivity (Wildman–Crippen MR) is 132 cm³/mol. The van der Waals surface area contributed by atoms with E-state index in [1.165, 1.54) is 51.4 Å². The fourth-order valence-corrected chi connectivity index (χ4v) is 3.76. The molecule has 0 atom stereocenters. The number of rotatable bonds is 12. The van der Waals surface area contributed by atoms with Gasteiger partial charge in [-0.25, -0.2) is 4.79 Å². The molecule has 2 N–H and O–H groups in total. The van der Waals surface area contributed by atoms with Crippen molar-refractivity contribution in [2.24, 2.45) is 0 Å². The maximum Gasteiger partial charge on any atom is 0.411 e. The van der Waals surface area contributed by atoms with E-state index in [-0.39, 0.29) is 10.8 Å². The molecule has 1 amide bonds. The maximum absolute atomic E-state index is 12.3. The number of aromatic hydroxyl groups is 1. The Labute approximate surface area is 191 Å². The standard InChI is InChI=1S/C27H47NO3/c1-8-9-10-11-12-13-14-15-16-17-18-31-25(30)28-21-19-22(26(2,3)4)24(29)23(20-21)27(5,6)7/h19-20,29H,8-18H2,1-7H3,(H,28,30). The first-order chi connectivity index (χ1) is 14.5. The topological polar surface area (TPSA) is 58.6 Å². The molecule has 4 nitrogen and oxygen atoms in total. The van der Waals surface area contributed by atoms with Gasteiger partial charge >= 0.3 is 6.09 Å². The van der Waals surface area contributed by atoms with E-state index >= 15 is 0 Å². The van der Waals surface area contributed by atoms with Gasteiger partial charge in [0.05, 0.1) is 6.61 Å². The van der Waals surface area contributed by atoms with Crippen molar-refractivity contribution in [1.29, 1.82) is 0 Å². The maximum atomic E-state index is 12.3. The Hall–Kier alpha value is -1.71. The minimum Gasteiger partial charge on any atom is -0.507 e. The van der Waals surface area contributed by atoms with E-state index in [4.69, 9.17) is 4.74 Å². The van der Waals surface area contributed by atoms with Crippen LogP contribution in [0, 0.1) is 0 Å². The lowest BCUT2D eigenvalue weighted by Gasteiger charge is -2.28. The Morgan fingerprint density at radius 1 is 0.806 bits per heavy atom. The summed E-state index contributed by atoms with van der Waals surface area (Å²) in [6.07, 6.45) is 12.1. The first-order valence-corrected chi connectivity index (χ1v) is 12.3. The van der Waals surface area contributed by atoms with E-state index in [0.717, 1.165) is 24.0 Å². The zero-order chi connectivity index (χ0) is 23.5. The lowest BCUT2D eigenvalue weighted by atomic mass is 9.79. The molecular formula is C27H47NO3. The molecule has 0 fully saturated rings. The number of nitrogens with one attached hydrogen (secondary N) is 1. The van der Waals surface area contributed by atoms with Gasteiger partial charge in [0, 0.05) is 16.8 Å². The van der Waals surface area contributed by atoms with Crippen molar-refractivity contribution < 1.29 is 14.6 Å². The van der Waals surface area contributed by atoms with Crippen LogP contribution in [0.2, 0.25) is 0 Å². The zero-order valence-corrected chi connectivity index (χ0v) is 21.2. The summed E-state index contributed by atoms with van der Waals surface area (Å²) in [5.41, 5.74) is 1.85. The molecule has 0 radical (unpaired) electrons. The molecule has 0 aliphatic heterocycles. The summed E-state index contributed by atoms with van der Waals surface area (Å²) < 4.78 is 5.39. The van der Waals surface area contributed by atoms with Gasteiger partial charge in [0.1, 0.15) is 5.75 Å². The van der Waals surface area contributed by atoms with Gasteiger partial charge in [0.25, 0.3) is 0 Å². The van der Waals surface area contributed by atoms with E-state index in [1.807, 2.05) is 12.1 Å². The Morgan fingerprint density at radius 3 is 1.65 bits per heavy atom. The molecule has 0 saturated heterocycles. The number of anilines is 1. The molecule has 0 saturated carbocycles. The molecule has 0 bridgehead atoms. The van der Waals surface area contributed by atoms with Gasteiger partial charge in [-0.15, -0.1) is 0 Å². The van der Waals surface area contributed by atoms with Gasteiger partial charge in [0.15, 0.2) is 0 Å². The number of benzene rings is 1. The van der Waals surface area contributed by atoms with E-state index in [1.54, 1.807) is 0 Å². The van der Waals surface area contributed by atoms with E-state index in [0.29, 0.717) is 18.0 Å². The smallest absolute Gasteiger partial charge is 0.411 e. The van der Waals surface area contributed by atoms with Gasteiger partial charge in [-0.05, 0) is 29.4 Å². The molecule has 0 aromatic heterocycles. The Kier molecular flexibility index (Phi) is 11.4. The summed E-state index contributed by atoms with van der Waals surface area (Å²) in [7, 11) is 0. The van der Waals surface area contributed by atoms with Gasteiger partial charge in [0.2, 0.25) is 0 Å². The summed E-state index contributed by atoms with van der Waals surface area (Å²) in [6, 6.07) is 3.71. The van der Waals surface area contributed by atoms with Crippen LogP contribution in [0.15, 0.2) is 12.1 Å². The molecule has 1 rings (SSSR count). The van der Waals surface area contributed by atoms with Gasteiger partial charge in [-0.3, -0.25) is 5.32 Å². The van der Waals surface area contributed by atoms with Crippen molar-refractivity contribution in [3.8, 4) is 5.75 Å². The number of carbonyl (C=O) groups excluding carboxylic acids is 1. The molecule has 1 aromatic rings. The molecular weight excluding hydrogens is 386 g/mol. The molecule has 0 aliphatic rings. The van der Waals surface area contributed by atoms with Gasteiger partial charge in [-0.1, -0.05) is 106 Å². The van der Waals surface area contributed by atoms with Crippen LogP contribution in [0.5, 0.6) is 5.75 Å². The third kappa shape index (κ3) is 10.4. The van der Waals surface area contributed by atoms with Crippen LogP contribution < -0.4 is 5.32 Å². The first kappa shape index (κ1) is 27.3. The average molecular weight is 434 g/mol. The van der Waals surface area contributed by atoms with Gasteiger partial charge < -0.3 is 9.84 Å². The second-order valence-electron chi connectivity index (χ2n) is 10.9.